The van der Waals surface area contributed by atoms with Crippen LogP contribution in [0.4, 0.5) is 10.9 Å². The maximum Gasteiger partial charge on any atom is 0.250 e. The fourth-order valence-electron chi connectivity index (χ4n) is 2.42. The Morgan fingerprint density at radius 1 is 1.14 bits per heavy atom. The second-order valence-corrected chi connectivity index (χ2v) is 14.2. The number of hydrogen-bond donors (Lipinski definition) is 1. The van der Waals surface area contributed by atoms with Crippen molar-refractivity contribution >= 4 is 30.6 Å². The number of aromatic nitrogens is 2. The molecule has 0 aliphatic carbocycles. The van der Waals surface area contributed by atoms with Crippen molar-refractivity contribution in [2.45, 2.75) is 52.4 Å². The summed E-state index contributed by atoms with van der Waals surface area (Å²) in [6, 6.07) is 11.9. The standard InChI is InChI=1S/C22H29N3O2SSi/c1-16-15-28-21(24-16)25-20-19(11-8-12-23-20)26-14-17-9-7-10-18(13-17)27-29(5,6)22(2,3)4/h7-13,15H,14H2,1-6H3,(H,23,24,25). The van der Waals surface area contributed by atoms with Crippen LogP contribution < -0.4 is 14.5 Å². The molecular weight excluding hydrogens is 398 g/mol. The van der Waals surface area contributed by atoms with E-state index in [1.54, 1.807) is 17.5 Å². The minimum atomic E-state index is -1.87. The molecule has 1 N–H and O–H groups in total. The molecule has 0 amide bonds. The van der Waals surface area contributed by atoms with Crippen LogP contribution in [0.25, 0.3) is 0 Å². The van der Waals surface area contributed by atoms with Crippen LogP contribution in [0, 0.1) is 6.92 Å². The number of thiazole rings is 1. The molecule has 5 nitrogen and oxygen atoms in total. The lowest BCUT2D eigenvalue weighted by molar-refractivity contribution is 0.306. The molecule has 3 aromatic rings. The van der Waals surface area contributed by atoms with E-state index in [0.29, 0.717) is 18.2 Å². The highest BCUT2D eigenvalue weighted by atomic mass is 32.1. The van der Waals surface area contributed by atoms with E-state index in [9.17, 15) is 0 Å². The third-order valence-corrected chi connectivity index (χ3v) is 10.3. The number of nitrogens with one attached hydrogen (secondary N) is 1. The molecule has 0 saturated heterocycles. The van der Waals surface area contributed by atoms with Gasteiger partial charge in [-0.25, -0.2) is 9.97 Å². The van der Waals surface area contributed by atoms with Crippen molar-refractivity contribution in [1.82, 2.24) is 9.97 Å². The zero-order valence-electron chi connectivity index (χ0n) is 17.9. The topological polar surface area (TPSA) is 56.3 Å². The molecule has 0 bridgehead atoms. The van der Waals surface area contributed by atoms with E-state index in [-0.39, 0.29) is 5.04 Å². The van der Waals surface area contributed by atoms with Gasteiger partial charge < -0.3 is 14.5 Å². The van der Waals surface area contributed by atoms with Gasteiger partial charge in [0, 0.05) is 11.6 Å². The number of hydrogen-bond acceptors (Lipinski definition) is 6. The Balaban J connectivity index is 1.69. The number of pyridine rings is 1. The molecule has 0 atom stereocenters. The fraction of sp³-hybridized carbons (Fsp3) is 0.364. The highest BCUT2D eigenvalue weighted by Crippen LogP contribution is 2.37. The predicted octanol–water partition coefficient (Wildman–Crippen LogP) is 6.55. The van der Waals surface area contributed by atoms with Gasteiger partial charge in [-0.2, -0.15) is 0 Å². The first-order valence-corrected chi connectivity index (χ1v) is 13.5. The minimum absolute atomic E-state index is 0.157. The van der Waals surface area contributed by atoms with Crippen molar-refractivity contribution in [3.05, 3.63) is 59.2 Å². The summed E-state index contributed by atoms with van der Waals surface area (Å²) in [7, 11) is -1.87. The molecule has 0 fully saturated rings. The third kappa shape index (κ3) is 5.58. The minimum Gasteiger partial charge on any atom is -0.543 e. The zero-order chi connectivity index (χ0) is 21.1. The zero-order valence-corrected chi connectivity index (χ0v) is 19.8. The van der Waals surface area contributed by atoms with Gasteiger partial charge in [0.1, 0.15) is 12.4 Å². The highest BCUT2D eigenvalue weighted by Gasteiger charge is 2.38. The smallest absolute Gasteiger partial charge is 0.250 e. The molecule has 3 rings (SSSR count). The molecule has 0 spiro atoms. The number of rotatable bonds is 7. The van der Waals surface area contributed by atoms with Crippen LogP contribution in [-0.4, -0.2) is 18.3 Å². The number of anilines is 2. The first-order chi connectivity index (χ1) is 13.6. The lowest BCUT2D eigenvalue weighted by atomic mass is 10.2. The molecule has 29 heavy (non-hydrogen) atoms. The van der Waals surface area contributed by atoms with Crippen molar-refractivity contribution in [1.29, 1.82) is 0 Å². The highest BCUT2D eigenvalue weighted by molar-refractivity contribution is 7.13. The maximum absolute atomic E-state index is 6.42. The summed E-state index contributed by atoms with van der Waals surface area (Å²) in [5, 5.41) is 6.20. The van der Waals surface area contributed by atoms with E-state index < -0.39 is 8.32 Å². The second-order valence-electron chi connectivity index (χ2n) is 8.57. The third-order valence-electron chi connectivity index (χ3n) is 5.09. The molecule has 0 radical (unpaired) electrons. The first kappa shape index (κ1) is 21.3. The Hall–Kier alpha value is -2.38. The molecule has 0 unspecified atom stereocenters. The van der Waals surface area contributed by atoms with Gasteiger partial charge in [0.25, 0.3) is 0 Å². The van der Waals surface area contributed by atoms with Gasteiger partial charge in [-0.15, -0.1) is 11.3 Å². The molecule has 0 saturated carbocycles. The Bertz CT molecular complexity index is 966. The van der Waals surface area contributed by atoms with Crippen LogP contribution in [0.15, 0.2) is 48.0 Å². The number of ether oxygens (including phenoxy) is 1. The van der Waals surface area contributed by atoms with Crippen molar-refractivity contribution < 1.29 is 9.16 Å². The predicted molar refractivity (Wildman–Crippen MR) is 123 cm³/mol. The maximum atomic E-state index is 6.42. The molecule has 7 heteroatoms. The van der Waals surface area contributed by atoms with E-state index >= 15 is 0 Å². The Kier molecular flexibility index (Phi) is 6.29. The summed E-state index contributed by atoms with van der Waals surface area (Å²) in [5.74, 6) is 2.26. The summed E-state index contributed by atoms with van der Waals surface area (Å²) in [5.41, 5.74) is 2.04. The van der Waals surface area contributed by atoms with Crippen molar-refractivity contribution in [2.75, 3.05) is 5.32 Å². The van der Waals surface area contributed by atoms with E-state index in [1.165, 1.54) is 0 Å². The average molecular weight is 428 g/mol. The van der Waals surface area contributed by atoms with E-state index in [0.717, 1.165) is 22.1 Å². The van der Waals surface area contributed by atoms with Gasteiger partial charge in [-0.1, -0.05) is 32.9 Å². The molecule has 0 aliphatic heterocycles. The molecule has 2 aromatic heterocycles. The van der Waals surface area contributed by atoms with Crippen molar-refractivity contribution in [3.63, 3.8) is 0 Å². The second kappa shape index (κ2) is 8.55. The molecule has 1 aromatic carbocycles. The van der Waals surface area contributed by atoms with Gasteiger partial charge >= 0.3 is 0 Å². The van der Waals surface area contributed by atoms with Crippen LogP contribution in [-0.2, 0) is 6.61 Å². The lowest BCUT2D eigenvalue weighted by Gasteiger charge is -2.36. The van der Waals surface area contributed by atoms with E-state index in [1.807, 2.05) is 42.6 Å². The SMILES string of the molecule is Cc1csc(Nc2ncccc2OCc2cccc(O[Si](C)(C)C(C)(C)C)c2)n1. The molecule has 2 heterocycles. The van der Waals surface area contributed by atoms with Crippen LogP contribution in [0.2, 0.25) is 18.1 Å². The Labute approximate surface area is 178 Å². The quantitative estimate of drug-likeness (QED) is 0.433. The summed E-state index contributed by atoms with van der Waals surface area (Å²) >= 11 is 1.55. The van der Waals surface area contributed by atoms with Crippen molar-refractivity contribution in [2.24, 2.45) is 0 Å². The summed E-state index contributed by atoms with van der Waals surface area (Å²) in [6.45, 7) is 13.6. The molecule has 154 valence electrons. The molecular formula is C22H29N3O2SSi. The first-order valence-electron chi connectivity index (χ1n) is 9.69. The number of nitrogens with zero attached hydrogens (tertiary/aromatic N) is 2. The average Bonchev–Trinajstić information content (AvgIpc) is 3.05. The van der Waals surface area contributed by atoms with Crippen molar-refractivity contribution in [3.8, 4) is 11.5 Å². The van der Waals surface area contributed by atoms with E-state index in [4.69, 9.17) is 9.16 Å². The van der Waals surface area contributed by atoms with Gasteiger partial charge in [0.15, 0.2) is 16.7 Å². The van der Waals surface area contributed by atoms with Crippen LogP contribution in [0.5, 0.6) is 11.5 Å². The van der Waals surface area contributed by atoms with Gasteiger partial charge in [0.2, 0.25) is 8.32 Å². The number of benzene rings is 1. The van der Waals surface area contributed by atoms with Gasteiger partial charge in [-0.3, -0.25) is 0 Å². The van der Waals surface area contributed by atoms with Gasteiger partial charge in [-0.05, 0) is 54.9 Å². The summed E-state index contributed by atoms with van der Waals surface area (Å²) < 4.78 is 12.5. The Morgan fingerprint density at radius 2 is 1.93 bits per heavy atom. The lowest BCUT2D eigenvalue weighted by Crippen LogP contribution is -2.43. The normalized spacial score (nSPS) is 11.9. The van der Waals surface area contributed by atoms with Crippen LogP contribution in [0.3, 0.4) is 0 Å². The largest absolute Gasteiger partial charge is 0.543 e. The summed E-state index contributed by atoms with van der Waals surface area (Å²) in [4.78, 5) is 8.83. The molecule has 0 aliphatic rings. The van der Waals surface area contributed by atoms with Gasteiger partial charge in [0.05, 0.1) is 5.69 Å². The Morgan fingerprint density at radius 3 is 2.62 bits per heavy atom. The van der Waals surface area contributed by atoms with E-state index in [2.05, 4.69) is 55.2 Å². The fourth-order valence-corrected chi connectivity index (χ4v) is 4.13. The van der Waals surface area contributed by atoms with Crippen LogP contribution >= 0.6 is 11.3 Å². The monoisotopic (exact) mass is 427 g/mol. The summed E-state index contributed by atoms with van der Waals surface area (Å²) in [6.07, 6.45) is 1.74. The number of aryl methyl sites for hydroxylation is 1. The van der Waals surface area contributed by atoms with Crippen LogP contribution in [0.1, 0.15) is 32.0 Å².